The molecule has 44 heavy (non-hydrogen) atoms. The molecule has 2 heterocycles. The predicted octanol–water partition coefficient (Wildman–Crippen LogP) is 6.23. The van der Waals surface area contributed by atoms with Crippen LogP contribution in [-0.4, -0.2) is 42.1 Å². The van der Waals surface area contributed by atoms with Gasteiger partial charge in [0, 0.05) is 45.7 Å². The molecule has 0 saturated heterocycles. The molecule has 9 heteroatoms. The van der Waals surface area contributed by atoms with Gasteiger partial charge in [0.1, 0.15) is 41.7 Å². The molecule has 0 saturated carbocycles. The van der Waals surface area contributed by atoms with Crippen molar-refractivity contribution in [3.8, 4) is 24.0 Å². The molecule has 222 valence electrons. The molecule has 1 aromatic heterocycles. The van der Waals surface area contributed by atoms with E-state index in [2.05, 4.69) is 6.07 Å². The van der Waals surface area contributed by atoms with Crippen LogP contribution < -0.4 is 9.64 Å². The summed E-state index contributed by atoms with van der Waals surface area (Å²) in [5.41, 5.74) is 2.44. The van der Waals surface area contributed by atoms with E-state index in [-0.39, 0.29) is 30.1 Å². The highest BCUT2D eigenvalue weighted by Gasteiger charge is 2.38. The SMILES string of the molecule is CC1(C)OC(=C(C#N)C#N)C(C#N)=C1/C=C/c1ccc(/C=C/c2ccc(N(CCO)CCO)cc2OCc2ccccc2)s1. The second-order valence-corrected chi connectivity index (χ2v) is 11.4. The van der Waals surface area contributed by atoms with Gasteiger partial charge in [-0.2, -0.15) is 15.8 Å². The Kier molecular flexibility index (Phi) is 10.8. The average molecular weight is 605 g/mol. The van der Waals surface area contributed by atoms with Crippen LogP contribution in [0.25, 0.3) is 18.2 Å². The molecule has 0 atom stereocenters. The number of ether oxygens (including phenoxy) is 2. The number of thiophene rings is 1. The fourth-order valence-electron chi connectivity index (χ4n) is 4.70. The molecule has 0 amide bonds. The lowest BCUT2D eigenvalue weighted by Gasteiger charge is -2.24. The number of benzene rings is 2. The molecule has 2 N–H and O–H groups in total. The predicted molar refractivity (Wildman–Crippen MR) is 172 cm³/mol. The monoisotopic (exact) mass is 604 g/mol. The summed E-state index contributed by atoms with van der Waals surface area (Å²) in [4.78, 5) is 3.85. The van der Waals surface area contributed by atoms with Gasteiger partial charge in [-0.3, -0.25) is 0 Å². The second kappa shape index (κ2) is 14.9. The number of nitriles is 3. The van der Waals surface area contributed by atoms with Crippen LogP contribution in [0.1, 0.15) is 34.7 Å². The molecule has 2 aromatic carbocycles. The van der Waals surface area contributed by atoms with Crippen LogP contribution in [0.3, 0.4) is 0 Å². The Morgan fingerprint density at radius 1 is 0.909 bits per heavy atom. The lowest BCUT2D eigenvalue weighted by Crippen LogP contribution is -2.29. The Morgan fingerprint density at radius 2 is 1.57 bits per heavy atom. The van der Waals surface area contributed by atoms with Crippen molar-refractivity contribution in [3.63, 3.8) is 0 Å². The van der Waals surface area contributed by atoms with Gasteiger partial charge in [-0.1, -0.05) is 36.4 Å². The lowest BCUT2D eigenvalue weighted by atomic mass is 9.94. The first-order chi connectivity index (χ1) is 21.3. The van der Waals surface area contributed by atoms with E-state index in [1.54, 1.807) is 31.3 Å². The number of aliphatic hydroxyl groups is 2. The van der Waals surface area contributed by atoms with Gasteiger partial charge in [-0.05, 0) is 61.9 Å². The molecule has 1 aliphatic heterocycles. The number of rotatable bonds is 12. The van der Waals surface area contributed by atoms with Crippen molar-refractivity contribution < 1.29 is 19.7 Å². The normalized spacial score (nSPS) is 13.9. The lowest BCUT2D eigenvalue weighted by molar-refractivity contribution is 0.0954. The first-order valence-electron chi connectivity index (χ1n) is 14.0. The van der Waals surface area contributed by atoms with Crippen LogP contribution >= 0.6 is 11.3 Å². The molecule has 0 bridgehead atoms. The van der Waals surface area contributed by atoms with Gasteiger partial charge in [0.25, 0.3) is 0 Å². The number of aliphatic hydroxyl groups excluding tert-OH is 2. The van der Waals surface area contributed by atoms with E-state index in [0.29, 0.717) is 31.0 Å². The number of anilines is 1. The van der Waals surface area contributed by atoms with Crippen LogP contribution in [0.4, 0.5) is 5.69 Å². The summed E-state index contributed by atoms with van der Waals surface area (Å²) in [6, 6.07) is 25.4. The maximum absolute atomic E-state index is 9.77. The third-order valence-corrected chi connectivity index (χ3v) is 7.91. The Bertz CT molecular complexity index is 1710. The molecular weight excluding hydrogens is 572 g/mol. The summed E-state index contributed by atoms with van der Waals surface area (Å²) < 4.78 is 12.1. The molecule has 4 rings (SSSR count). The topological polar surface area (TPSA) is 134 Å². The molecule has 0 unspecified atom stereocenters. The summed E-state index contributed by atoms with van der Waals surface area (Å²) in [6.07, 6.45) is 7.68. The van der Waals surface area contributed by atoms with Gasteiger partial charge in [0.05, 0.1) is 13.2 Å². The molecule has 0 spiro atoms. The van der Waals surface area contributed by atoms with E-state index in [1.165, 1.54) is 0 Å². The summed E-state index contributed by atoms with van der Waals surface area (Å²) in [5, 5.41) is 47.3. The number of hydrogen-bond donors (Lipinski definition) is 2. The van der Waals surface area contributed by atoms with Gasteiger partial charge in [-0.25, -0.2) is 0 Å². The van der Waals surface area contributed by atoms with Crippen molar-refractivity contribution in [3.05, 3.63) is 110 Å². The van der Waals surface area contributed by atoms with E-state index in [9.17, 15) is 26.0 Å². The molecule has 0 aliphatic carbocycles. The highest BCUT2D eigenvalue weighted by Crippen LogP contribution is 2.40. The number of allylic oxidation sites excluding steroid dienone is 2. The number of nitrogens with zero attached hydrogens (tertiary/aromatic N) is 4. The highest BCUT2D eigenvalue weighted by molar-refractivity contribution is 7.13. The fourth-order valence-corrected chi connectivity index (χ4v) is 5.51. The van der Waals surface area contributed by atoms with Crippen LogP contribution in [0.15, 0.2) is 89.2 Å². The van der Waals surface area contributed by atoms with Crippen LogP contribution in [0.2, 0.25) is 0 Å². The zero-order chi connectivity index (χ0) is 31.5. The smallest absolute Gasteiger partial charge is 0.172 e. The molecule has 1 aliphatic rings. The Morgan fingerprint density at radius 3 is 2.18 bits per heavy atom. The standard InChI is InChI=1S/C35H32N4O4S/c1-35(2)32(31(23-38)34(43-35)27(21-36)22-37)15-14-30-13-12-29(44-30)11-9-26-8-10-28(39(16-18-40)17-19-41)20-33(26)42-24-25-6-4-3-5-7-25/h3-15,20,40-41H,16-19,24H2,1-2H3/b11-9+,15-14+. The zero-order valence-corrected chi connectivity index (χ0v) is 25.3. The van der Waals surface area contributed by atoms with E-state index >= 15 is 0 Å². The maximum atomic E-state index is 9.77. The van der Waals surface area contributed by atoms with E-state index in [0.717, 1.165) is 26.6 Å². The van der Waals surface area contributed by atoms with Crippen molar-refractivity contribution >= 4 is 35.3 Å². The molecular formula is C35H32N4O4S. The van der Waals surface area contributed by atoms with E-state index < -0.39 is 5.60 Å². The van der Waals surface area contributed by atoms with Crippen molar-refractivity contribution in [2.24, 2.45) is 0 Å². The Labute approximate surface area is 261 Å². The zero-order valence-electron chi connectivity index (χ0n) is 24.5. The van der Waals surface area contributed by atoms with Gasteiger partial charge in [0.15, 0.2) is 11.3 Å². The Balaban J connectivity index is 1.59. The fraction of sp³-hybridized carbons (Fsp3) is 0.229. The first-order valence-corrected chi connectivity index (χ1v) is 14.8. The van der Waals surface area contributed by atoms with Crippen molar-refractivity contribution in [2.75, 3.05) is 31.2 Å². The molecule has 3 aromatic rings. The molecule has 0 fully saturated rings. The largest absolute Gasteiger partial charge is 0.488 e. The minimum atomic E-state index is -0.873. The van der Waals surface area contributed by atoms with Gasteiger partial charge < -0.3 is 24.6 Å². The summed E-state index contributed by atoms with van der Waals surface area (Å²) >= 11 is 1.56. The first kappa shape index (κ1) is 31.8. The summed E-state index contributed by atoms with van der Waals surface area (Å²) in [5.74, 6) is 0.696. The average Bonchev–Trinajstić information content (AvgIpc) is 3.59. The van der Waals surface area contributed by atoms with Gasteiger partial charge in [-0.15, -0.1) is 11.3 Å². The molecule has 0 radical (unpaired) electrons. The van der Waals surface area contributed by atoms with Crippen LogP contribution in [0.5, 0.6) is 5.75 Å². The number of hydrogen-bond acceptors (Lipinski definition) is 9. The van der Waals surface area contributed by atoms with Crippen molar-refractivity contribution in [2.45, 2.75) is 26.1 Å². The maximum Gasteiger partial charge on any atom is 0.172 e. The van der Waals surface area contributed by atoms with Crippen molar-refractivity contribution in [1.29, 1.82) is 15.8 Å². The second-order valence-electron chi connectivity index (χ2n) is 10.3. The van der Waals surface area contributed by atoms with E-state index in [4.69, 9.17) is 9.47 Å². The van der Waals surface area contributed by atoms with Crippen molar-refractivity contribution in [1.82, 2.24) is 0 Å². The van der Waals surface area contributed by atoms with Gasteiger partial charge in [0.2, 0.25) is 0 Å². The quantitative estimate of drug-likeness (QED) is 0.232. The highest BCUT2D eigenvalue weighted by atomic mass is 32.1. The third kappa shape index (κ3) is 7.64. The summed E-state index contributed by atoms with van der Waals surface area (Å²) in [6.45, 7) is 4.70. The van der Waals surface area contributed by atoms with E-state index in [1.807, 2.05) is 95.9 Å². The summed E-state index contributed by atoms with van der Waals surface area (Å²) in [7, 11) is 0. The van der Waals surface area contributed by atoms with Gasteiger partial charge >= 0.3 is 0 Å². The molecule has 8 nitrogen and oxygen atoms in total. The van der Waals surface area contributed by atoms with Crippen LogP contribution in [-0.2, 0) is 11.3 Å². The third-order valence-electron chi connectivity index (χ3n) is 6.89. The van der Waals surface area contributed by atoms with Crippen LogP contribution in [0, 0.1) is 34.0 Å². The Hall–Kier alpha value is -5.11. The minimum absolute atomic E-state index is 0.0177. The minimum Gasteiger partial charge on any atom is -0.488 e.